The molecule has 1 heterocycles. The topological polar surface area (TPSA) is 47.3 Å². The van der Waals surface area contributed by atoms with Crippen molar-refractivity contribution in [1.29, 1.82) is 0 Å². The van der Waals surface area contributed by atoms with Crippen LogP contribution in [0, 0.1) is 6.92 Å². The zero-order valence-corrected chi connectivity index (χ0v) is 10.1. The van der Waals surface area contributed by atoms with Crippen LogP contribution < -0.4 is 4.74 Å². The minimum atomic E-state index is 0.211. The third-order valence-corrected chi connectivity index (χ3v) is 2.66. The number of phenolic OH excluding ortho intramolecular Hbond substituents is 1. The highest BCUT2D eigenvalue weighted by atomic mass is 16.5. The van der Waals surface area contributed by atoms with Gasteiger partial charge in [0.05, 0.1) is 11.9 Å². The Bertz CT molecular complexity index is 506. The molecule has 0 aliphatic carbocycles. The monoisotopic (exact) mass is 232 g/mol. The fourth-order valence-electron chi connectivity index (χ4n) is 1.79. The summed E-state index contributed by atoms with van der Waals surface area (Å²) in [5, 5.41) is 9.32. The van der Waals surface area contributed by atoms with Gasteiger partial charge in [-0.2, -0.15) is 0 Å². The van der Waals surface area contributed by atoms with Gasteiger partial charge < -0.3 is 14.4 Å². The summed E-state index contributed by atoms with van der Waals surface area (Å²) in [5.74, 6) is 1.86. The van der Waals surface area contributed by atoms with Crippen molar-refractivity contribution < 1.29 is 9.84 Å². The number of phenols is 1. The molecule has 2 rings (SSSR count). The summed E-state index contributed by atoms with van der Waals surface area (Å²) in [4.78, 5) is 4.25. The molecular weight excluding hydrogens is 216 g/mol. The molecule has 1 aromatic heterocycles. The van der Waals surface area contributed by atoms with Crippen molar-refractivity contribution in [2.75, 3.05) is 0 Å². The van der Waals surface area contributed by atoms with Crippen LogP contribution in [-0.4, -0.2) is 14.7 Å². The fourth-order valence-corrected chi connectivity index (χ4v) is 1.79. The SMILES string of the molecule is CCn1c(COc2cccc(O)c2)cnc1C. The van der Waals surface area contributed by atoms with E-state index in [2.05, 4.69) is 16.5 Å². The van der Waals surface area contributed by atoms with Gasteiger partial charge >= 0.3 is 0 Å². The standard InChI is InChI=1S/C13H16N2O2/c1-3-15-10(2)14-8-11(15)9-17-13-6-4-5-12(16)7-13/h4-8,16H,3,9H2,1-2H3. The van der Waals surface area contributed by atoms with Crippen molar-refractivity contribution in [1.82, 2.24) is 9.55 Å². The predicted octanol–water partition coefficient (Wildman–Crippen LogP) is 2.50. The average molecular weight is 232 g/mol. The van der Waals surface area contributed by atoms with E-state index in [1.165, 1.54) is 0 Å². The number of imidazole rings is 1. The van der Waals surface area contributed by atoms with Gasteiger partial charge in [-0.1, -0.05) is 6.07 Å². The number of aryl methyl sites for hydroxylation is 1. The Morgan fingerprint density at radius 3 is 2.94 bits per heavy atom. The quantitative estimate of drug-likeness (QED) is 0.881. The lowest BCUT2D eigenvalue weighted by molar-refractivity contribution is 0.293. The second-order valence-electron chi connectivity index (χ2n) is 3.83. The van der Waals surface area contributed by atoms with Gasteiger partial charge in [0.1, 0.15) is 23.9 Å². The summed E-state index contributed by atoms with van der Waals surface area (Å²) in [6.45, 7) is 5.39. The van der Waals surface area contributed by atoms with Gasteiger partial charge in [-0.3, -0.25) is 0 Å². The molecule has 17 heavy (non-hydrogen) atoms. The lowest BCUT2D eigenvalue weighted by Gasteiger charge is -2.09. The van der Waals surface area contributed by atoms with E-state index in [1.807, 2.05) is 19.2 Å². The van der Waals surface area contributed by atoms with E-state index >= 15 is 0 Å². The normalized spacial score (nSPS) is 10.5. The van der Waals surface area contributed by atoms with Crippen molar-refractivity contribution in [2.45, 2.75) is 27.0 Å². The van der Waals surface area contributed by atoms with Crippen LogP contribution in [0.25, 0.3) is 0 Å². The van der Waals surface area contributed by atoms with Gasteiger partial charge in [0, 0.05) is 12.6 Å². The molecule has 0 radical (unpaired) electrons. The van der Waals surface area contributed by atoms with Crippen molar-refractivity contribution in [3.05, 3.63) is 42.0 Å². The molecule has 0 aliphatic rings. The van der Waals surface area contributed by atoms with Gasteiger partial charge in [0.25, 0.3) is 0 Å². The van der Waals surface area contributed by atoms with Crippen LogP contribution in [0.5, 0.6) is 11.5 Å². The van der Waals surface area contributed by atoms with Gasteiger partial charge in [0.15, 0.2) is 0 Å². The number of aromatic hydroxyl groups is 1. The molecule has 0 saturated heterocycles. The Morgan fingerprint density at radius 1 is 1.41 bits per heavy atom. The minimum absolute atomic E-state index is 0.211. The summed E-state index contributed by atoms with van der Waals surface area (Å²) in [7, 11) is 0. The minimum Gasteiger partial charge on any atom is -0.508 e. The highest BCUT2D eigenvalue weighted by Gasteiger charge is 2.05. The van der Waals surface area contributed by atoms with Crippen molar-refractivity contribution in [2.24, 2.45) is 0 Å². The fraction of sp³-hybridized carbons (Fsp3) is 0.308. The van der Waals surface area contributed by atoms with Crippen molar-refractivity contribution in [3.8, 4) is 11.5 Å². The molecule has 1 N–H and O–H groups in total. The smallest absolute Gasteiger partial charge is 0.130 e. The Kier molecular flexibility index (Phi) is 3.32. The first-order valence-electron chi connectivity index (χ1n) is 5.63. The molecule has 0 spiro atoms. The van der Waals surface area contributed by atoms with Crippen LogP contribution in [0.2, 0.25) is 0 Å². The van der Waals surface area contributed by atoms with E-state index in [9.17, 15) is 5.11 Å². The Morgan fingerprint density at radius 2 is 2.24 bits per heavy atom. The first-order chi connectivity index (χ1) is 8.20. The molecule has 90 valence electrons. The summed E-state index contributed by atoms with van der Waals surface area (Å²) >= 11 is 0. The highest BCUT2D eigenvalue weighted by molar-refractivity contribution is 5.31. The average Bonchev–Trinajstić information content (AvgIpc) is 2.67. The number of ether oxygens (including phenoxy) is 1. The van der Waals surface area contributed by atoms with E-state index in [1.54, 1.807) is 18.2 Å². The zero-order chi connectivity index (χ0) is 12.3. The maximum atomic E-state index is 9.32. The zero-order valence-electron chi connectivity index (χ0n) is 10.1. The second kappa shape index (κ2) is 4.91. The summed E-state index contributed by atoms with van der Waals surface area (Å²) in [6, 6.07) is 6.79. The van der Waals surface area contributed by atoms with Crippen LogP contribution in [-0.2, 0) is 13.2 Å². The lowest BCUT2D eigenvalue weighted by atomic mass is 10.3. The van der Waals surface area contributed by atoms with Crippen LogP contribution in [0.3, 0.4) is 0 Å². The molecule has 0 saturated carbocycles. The number of hydrogen-bond acceptors (Lipinski definition) is 3. The lowest BCUT2D eigenvalue weighted by Crippen LogP contribution is -2.06. The molecule has 0 aliphatic heterocycles. The Labute approximate surface area is 100 Å². The maximum Gasteiger partial charge on any atom is 0.130 e. The molecule has 0 amide bonds. The second-order valence-corrected chi connectivity index (χ2v) is 3.83. The van der Waals surface area contributed by atoms with E-state index in [4.69, 9.17) is 4.74 Å². The van der Waals surface area contributed by atoms with Gasteiger partial charge in [0.2, 0.25) is 0 Å². The van der Waals surface area contributed by atoms with E-state index in [-0.39, 0.29) is 5.75 Å². The van der Waals surface area contributed by atoms with Crippen LogP contribution in [0.15, 0.2) is 30.5 Å². The van der Waals surface area contributed by atoms with Crippen LogP contribution in [0.1, 0.15) is 18.4 Å². The maximum absolute atomic E-state index is 9.32. The first kappa shape index (κ1) is 11.5. The summed E-state index contributed by atoms with van der Waals surface area (Å²) in [5.41, 5.74) is 1.04. The number of hydrogen-bond donors (Lipinski definition) is 1. The number of nitrogens with zero attached hydrogens (tertiary/aromatic N) is 2. The number of aromatic nitrogens is 2. The van der Waals surface area contributed by atoms with Crippen molar-refractivity contribution in [3.63, 3.8) is 0 Å². The highest BCUT2D eigenvalue weighted by Crippen LogP contribution is 2.19. The predicted molar refractivity (Wildman–Crippen MR) is 65.1 cm³/mol. The van der Waals surface area contributed by atoms with Gasteiger partial charge in [-0.15, -0.1) is 0 Å². The molecule has 2 aromatic rings. The molecular formula is C13H16N2O2. The molecule has 4 heteroatoms. The molecule has 0 unspecified atom stereocenters. The molecule has 0 bridgehead atoms. The largest absolute Gasteiger partial charge is 0.508 e. The van der Waals surface area contributed by atoms with Crippen LogP contribution in [0.4, 0.5) is 0 Å². The third kappa shape index (κ3) is 2.58. The molecule has 1 aromatic carbocycles. The molecule has 0 atom stereocenters. The summed E-state index contributed by atoms with van der Waals surface area (Å²) in [6.07, 6.45) is 1.82. The number of benzene rings is 1. The van der Waals surface area contributed by atoms with E-state index < -0.39 is 0 Å². The Hall–Kier alpha value is -1.97. The summed E-state index contributed by atoms with van der Waals surface area (Å²) < 4.78 is 7.71. The van der Waals surface area contributed by atoms with E-state index in [0.29, 0.717) is 12.4 Å². The van der Waals surface area contributed by atoms with Crippen LogP contribution >= 0.6 is 0 Å². The van der Waals surface area contributed by atoms with Crippen molar-refractivity contribution >= 4 is 0 Å². The third-order valence-electron chi connectivity index (χ3n) is 2.66. The number of rotatable bonds is 4. The van der Waals surface area contributed by atoms with E-state index in [0.717, 1.165) is 18.1 Å². The molecule has 0 fully saturated rings. The Balaban J connectivity index is 2.07. The van der Waals surface area contributed by atoms with Gasteiger partial charge in [-0.05, 0) is 26.0 Å². The first-order valence-corrected chi connectivity index (χ1v) is 5.63. The van der Waals surface area contributed by atoms with Gasteiger partial charge in [-0.25, -0.2) is 4.98 Å². The molecule has 4 nitrogen and oxygen atoms in total.